The van der Waals surface area contributed by atoms with Gasteiger partial charge < -0.3 is 19.5 Å². The van der Waals surface area contributed by atoms with Crippen LogP contribution in [-0.4, -0.2) is 80.2 Å². The molecule has 0 aromatic heterocycles. The summed E-state index contributed by atoms with van der Waals surface area (Å²) in [6.07, 6.45) is 7.41. The Labute approximate surface area is 244 Å². The number of ether oxygens (including phenoxy) is 2. The van der Waals surface area contributed by atoms with E-state index in [4.69, 9.17) is 9.47 Å². The third-order valence-electron chi connectivity index (χ3n) is 8.97. The van der Waals surface area contributed by atoms with Crippen LogP contribution in [-0.2, 0) is 26.0 Å². The van der Waals surface area contributed by atoms with Crippen LogP contribution in [0.25, 0.3) is 0 Å². The molecule has 224 valence electrons. The molecule has 2 aromatic carbocycles. The van der Waals surface area contributed by atoms with Crippen LogP contribution in [0.2, 0.25) is 0 Å². The number of hydrogen-bond donors (Lipinski definition) is 1. The van der Waals surface area contributed by atoms with Gasteiger partial charge in [-0.15, -0.1) is 0 Å². The van der Waals surface area contributed by atoms with Crippen molar-refractivity contribution >= 4 is 15.9 Å². The van der Waals surface area contributed by atoms with Gasteiger partial charge in [-0.3, -0.25) is 4.79 Å². The highest BCUT2D eigenvalue weighted by atomic mass is 32.2. The maximum atomic E-state index is 13.8. The summed E-state index contributed by atoms with van der Waals surface area (Å²) < 4.78 is 40.1. The highest BCUT2D eigenvalue weighted by Crippen LogP contribution is 2.34. The fourth-order valence-electron chi connectivity index (χ4n) is 6.80. The van der Waals surface area contributed by atoms with E-state index in [9.17, 15) is 18.3 Å². The smallest absolute Gasteiger partial charge is 0.243 e. The Balaban J connectivity index is 1.32. The molecule has 1 N–H and O–H groups in total. The van der Waals surface area contributed by atoms with E-state index in [0.717, 1.165) is 57.1 Å². The predicted molar refractivity (Wildman–Crippen MR) is 157 cm³/mol. The van der Waals surface area contributed by atoms with Crippen LogP contribution in [0.4, 0.5) is 0 Å². The lowest BCUT2D eigenvalue weighted by atomic mass is 9.94. The molecule has 1 aliphatic carbocycles. The van der Waals surface area contributed by atoms with Gasteiger partial charge in [0.15, 0.2) is 0 Å². The van der Waals surface area contributed by atoms with Gasteiger partial charge in [0, 0.05) is 38.2 Å². The van der Waals surface area contributed by atoms with Crippen LogP contribution < -0.4 is 4.74 Å². The minimum absolute atomic E-state index is 0.0424. The molecule has 0 bridgehead atoms. The van der Waals surface area contributed by atoms with Crippen molar-refractivity contribution in [1.29, 1.82) is 0 Å². The molecule has 8 nitrogen and oxygen atoms in total. The topological polar surface area (TPSA) is 96.4 Å². The monoisotopic (exact) mass is 584 g/mol. The predicted octanol–water partition coefficient (Wildman–Crippen LogP) is 4.27. The highest BCUT2D eigenvalue weighted by Gasteiger charge is 2.42. The molecule has 1 saturated carbocycles. The van der Waals surface area contributed by atoms with Crippen LogP contribution in [0.5, 0.6) is 5.75 Å². The Hall–Kier alpha value is -2.46. The summed E-state index contributed by atoms with van der Waals surface area (Å²) in [6.45, 7) is 1.18. The largest absolute Gasteiger partial charge is 0.497 e. The molecule has 4 unspecified atom stereocenters. The van der Waals surface area contributed by atoms with E-state index in [1.165, 1.54) is 4.31 Å². The summed E-state index contributed by atoms with van der Waals surface area (Å²) in [5.74, 6) is 0.753. The number of carbonyl (C=O) groups excluding carboxylic acids is 1. The van der Waals surface area contributed by atoms with Gasteiger partial charge in [0.1, 0.15) is 5.75 Å². The van der Waals surface area contributed by atoms with Crippen LogP contribution in [0, 0.1) is 11.8 Å². The maximum Gasteiger partial charge on any atom is 0.243 e. The number of sulfonamides is 1. The SMILES string of the molecule is COc1ccc(S(=O)(=O)N(CC(O)CN2C(=O)C(CC3CCCO3)CC2Cc2ccccc2)CC2CCCC2)cc1. The Kier molecular flexibility index (Phi) is 10.0. The van der Waals surface area contributed by atoms with E-state index >= 15 is 0 Å². The number of benzene rings is 2. The molecule has 4 atom stereocenters. The van der Waals surface area contributed by atoms with Crippen LogP contribution in [0.1, 0.15) is 56.9 Å². The second-order valence-corrected chi connectivity index (χ2v) is 13.9. The van der Waals surface area contributed by atoms with Crippen molar-refractivity contribution in [3.05, 3.63) is 60.2 Å². The van der Waals surface area contributed by atoms with E-state index in [2.05, 4.69) is 12.1 Å². The number of rotatable bonds is 13. The molecule has 2 saturated heterocycles. The first-order chi connectivity index (χ1) is 19.8. The van der Waals surface area contributed by atoms with Gasteiger partial charge in [0.25, 0.3) is 0 Å². The molecule has 3 aliphatic rings. The van der Waals surface area contributed by atoms with Gasteiger partial charge in [-0.2, -0.15) is 4.31 Å². The number of carbonyl (C=O) groups is 1. The zero-order chi connectivity index (χ0) is 28.8. The molecule has 3 fully saturated rings. The molecule has 1 amide bonds. The Bertz CT molecular complexity index is 1230. The number of amides is 1. The van der Waals surface area contributed by atoms with E-state index in [1.54, 1.807) is 31.4 Å². The fourth-order valence-corrected chi connectivity index (χ4v) is 8.36. The first-order valence-corrected chi connectivity index (χ1v) is 16.6. The molecular formula is C32H44N2O6S. The normalized spacial score (nSPS) is 24.4. The molecule has 5 rings (SSSR count). The lowest BCUT2D eigenvalue weighted by molar-refractivity contribution is -0.134. The number of aliphatic hydroxyl groups excluding tert-OH is 1. The molecule has 9 heteroatoms. The number of β-amino-alcohol motifs (C(OH)–C–C–N with tert-alkyl or cyclic N) is 1. The molecule has 0 spiro atoms. The second kappa shape index (κ2) is 13.7. The summed E-state index contributed by atoms with van der Waals surface area (Å²) in [4.78, 5) is 15.7. The Morgan fingerprint density at radius 3 is 2.44 bits per heavy atom. The third-order valence-corrected chi connectivity index (χ3v) is 10.8. The quantitative estimate of drug-likeness (QED) is 0.378. The molecule has 2 aliphatic heterocycles. The average molecular weight is 585 g/mol. The minimum atomic E-state index is -3.85. The Morgan fingerprint density at radius 2 is 1.78 bits per heavy atom. The van der Waals surface area contributed by atoms with Gasteiger partial charge in [-0.05, 0) is 80.7 Å². The number of nitrogens with zero attached hydrogens (tertiary/aromatic N) is 2. The van der Waals surface area contributed by atoms with Gasteiger partial charge in [-0.25, -0.2) is 8.42 Å². The van der Waals surface area contributed by atoms with Crippen molar-refractivity contribution in [2.75, 3.05) is 33.4 Å². The lowest BCUT2D eigenvalue weighted by Crippen LogP contribution is -2.47. The number of likely N-dealkylation sites (tertiary alicyclic amines) is 1. The summed E-state index contributed by atoms with van der Waals surface area (Å²) in [5, 5.41) is 11.4. The Morgan fingerprint density at radius 1 is 1.05 bits per heavy atom. The summed E-state index contributed by atoms with van der Waals surface area (Å²) in [6, 6.07) is 16.5. The zero-order valence-electron chi connectivity index (χ0n) is 24.1. The lowest BCUT2D eigenvalue weighted by Gasteiger charge is -2.31. The van der Waals surface area contributed by atoms with E-state index in [0.29, 0.717) is 25.1 Å². The first-order valence-electron chi connectivity index (χ1n) is 15.1. The number of methoxy groups -OCH3 is 1. The van der Waals surface area contributed by atoms with Crippen molar-refractivity contribution in [3.63, 3.8) is 0 Å². The van der Waals surface area contributed by atoms with Crippen LogP contribution in [0.3, 0.4) is 0 Å². The molecule has 41 heavy (non-hydrogen) atoms. The van der Waals surface area contributed by atoms with Gasteiger partial charge in [0.05, 0.1) is 24.2 Å². The number of hydrogen-bond acceptors (Lipinski definition) is 6. The summed E-state index contributed by atoms with van der Waals surface area (Å²) in [7, 11) is -2.30. The van der Waals surface area contributed by atoms with Crippen molar-refractivity contribution < 1.29 is 27.8 Å². The van der Waals surface area contributed by atoms with E-state index < -0.39 is 16.1 Å². The van der Waals surface area contributed by atoms with Crippen molar-refractivity contribution in [1.82, 2.24) is 9.21 Å². The summed E-state index contributed by atoms with van der Waals surface area (Å²) in [5.41, 5.74) is 1.15. The van der Waals surface area contributed by atoms with Crippen LogP contribution >= 0.6 is 0 Å². The molecular weight excluding hydrogens is 540 g/mol. The maximum absolute atomic E-state index is 13.8. The summed E-state index contributed by atoms with van der Waals surface area (Å²) >= 11 is 0. The standard InChI is InChI=1S/C32H44N2O6S/c1-39-29-13-15-31(16-14-29)41(37,38)33(21-25-10-5-6-11-25)22-28(35)23-34-27(18-24-8-3-2-4-9-24)19-26(32(34)36)20-30-12-7-17-40-30/h2-4,8-9,13-16,25-28,30,35H,5-7,10-12,17-23H2,1H3. The van der Waals surface area contributed by atoms with Crippen molar-refractivity contribution in [2.45, 2.75) is 80.9 Å². The third kappa shape index (κ3) is 7.49. The zero-order valence-corrected chi connectivity index (χ0v) is 24.9. The van der Waals surface area contributed by atoms with Crippen molar-refractivity contribution in [2.24, 2.45) is 11.8 Å². The number of aliphatic hydroxyl groups is 1. The van der Waals surface area contributed by atoms with E-state index in [1.807, 2.05) is 23.1 Å². The molecule has 0 radical (unpaired) electrons. The molecule has 2 aromatic rings. The first kappa shape index (κ1) is 30.0. The second-order valence-electron chi connectivity index (χ2n) is 11.9. The van der Waals surface area contributed by atoms with E-state index in [-0.39, 0.29) is 47.9 Å². The average Bonchev–Trinajstić information content (AvgIpc) is 3.74. The van der Waals surface area contributed by atoms with Gasteiger partial charge in [-0.1, -0.05) is 43.2 Å². The van der Waals surface area contributed by atoms with Crippen LogP contribution in [0.15, 0.2) is 59.5 Å². The van der Waals surface area contributed by atoms with Gasteiger partial charge in [0.2, 0.25) is 15.9 Å². The minimum Gasteiger partial charge on any atom is -0.497 e. The van der Waals surface area contributed by atoms with Gasteiger partial charge >= 0.3 is 0 Å². The highest BCUT2D eigenvalue weighted by molar-refractivity contribution is 7.89. The van der Waals surface area contributed by atoms with Crippen molar-refractivity contribution in [3.8, 4) is 5.75 Å². The molecule has 2 heterocycles. The fraction of sp³-hybridized carbons (Fsp3) is 0.594.